The highest BCUT2D eigenvalue weighted by Crippen LogP contribution is 2.26. The molecule has 2 heteroatoms. The summed E-state index contributed by atoms with van der Waals surface area (Å²) in [5.74, 6) is 1.66. The number of likely N-dealkylation sites (tertiary alicyclic amines) is 1. The molecule has 0 aromatic heterocycles. The van der Waals surface area contributed by atoms with Gasteiger partial charge in [0.2, 0.25) is 0 Å². The van der Waals surface area contributed by atoms with Gasteiger partial charge in [0.25, 0.3) is 0 Å². The van der Waals surface area contributed by atoms with Gasteiger partial charge in [-0.3, -0.25) is 0 Å². The number of rotatable bonds is 6. The number of aliphatic hydroxyl groups is 1. The van der Waals surface area contributed by atoms with Gasteiger partial charge in [-0.05, 0) is 55.3 Å². The SMILES string of the molecule is CCCc1ccc(C(O)CN2CCC(C(C)C)CC2)cc1. The predicted molar refractivity (Wildman–Crippen MR) is 89.4 cm³/mol. The lowest BCUT2D eigenvalue weighted by Crippen LogP contribution is -2.37. The Kier molecular flexibility index (Phi) is 6.25. The molecule has 118 valence electrons. The molecule has 1 fully saturated rings. The molecule has 1 heterocycles. The molecule has 1 N–H and O–H groups in total. The van der Waals surface area contributed by atoms with Crippen molar-refractivity contribution in [3.63, 3.8) is 0 Å². The molecule has 0 aliphatic carbocycles. The van der Waals surface area contributed by atoms with Crippen molar-refractivity contribution in [2.45, 2.75) is 52.6 Å². The lowest BCUT2D eigenvalue weighted by molar-refractivity contribution is 0.0818. The number of aryl methyl sites for hydroxylation is 1. The van der Waals surface area contributed by atoms with Crippen molar-refractivity contribution in [1.82, 2.24) is 4.90 Å². The van der Waals surface area contributed by atoms with Crippen molar-refractivity contribution in [3.05, 3.63) is 35.4 Å². The number of piperidine rings is 1. The smallest absolute Gasteiger partial charge is 0.0916 e. The third-order valence-corrected chi connectivity index (χ3v) is 4.91. The summed E-state index contributed by atoms with van der Waals surface area (Å²) in [6.07, 6.45) is 4.50. The van der Waals surface area contributed by atoms with E-state index in [1.54, 1.807) is 0 Å². The second kappa shape index (κ2) is 7.95. The predicted octanol–water partition coefficient (Wildman–Crippen LogP) is 4.04. The normalized spacial score (nSPS) is 19.1. The van der Waals surface area contributed by atoms with E-state index in [4.69, 9.17) is 0 Å². The molecule has 1 atom stereocenters. The molecule has 1 saturated heterocycles. The lowest BCUT2D eigenvalue weighted by atomic mass is 9.86. The van der Waals surface area contributed by atoms with Crippen molar-refractivity contribution in [3.8, 4) is 0 Å². The van der Waals surface area contributed by atoms with E-state index >= 15 is 0 Å². The number of β-amino-alcohol motifs (C(OH)–C–C–N with tert-alkyl or cyclic N) is 1. The first-order valence-corrected chi connectivity index (χ1v) is 8.59. The first-order chi connectivity index (χ1) is 10.1. The van der Waals surface area contributed by atoms with Crippen LogP contribution in [-0.2, 0) is 6.42 Å². The van der Waals surface area contributed by atoms with Crippen molar-refractivity contribution < 1.29 is 5.11 Å². The highest BCUT2D eigenvalue weighted by molar-refractivity contribution is 5.24. The van der Waals surface area contributed by atoms with E-state index in [1.165, 1.54) is 24.8 Å². The van der Waals surface area contributed by atoms with Crippen LogP contribution in [0.3, 0.4) is 0 Å². The quantitative estimate of drug-likeness (QED) is 0.854. The van der Waals surface area contributed by atoms with Crippen LogP contribution in [0.5, 0.6) is 0 Å². The van der Waals surface area contributed by atoms with E-state index < -0.39 is 0 Å². The maximum absolute atomic E-state index is 10.4. The maximum atomic E-state index is 10.4. The van der Waals surface area contributed by atoms with Crippen LogP contribution in [-0.4, -0.2) is 29.6 Å². The average Bonchev–Trinajstić information content (AvgIpc) is 2.49. The van der Waals surface area contributed by atoms with E-state index in [9.17, 15) is 5.11 Å². The van der Waals surface area contributed by atoms with Crippen LogP contribution in [0, 0.1) is 11.8 Å². The van der Waals surface area contributed by atoms with Gasteiger partial charge >= 0.3 is 0 Å². The summed E-state index contributed by atoms with van der Waals surface area (Å²) in [6, 6.07) is 8.51. The summed E-state index contributed by atoms with van der Waals surface area (Å²) in [5.41, 5.74) is 2.42. The minimum atomic E-state index is -0.351. The Bertz CT molecular complexity index is 404. The highest BCUT2D eigenvalue weighted by Gasteiger charge is 2.23. The van der Waals surface area contributed by atoms with Crippen molar-refractivity contribution in [1.29, 1.82) is 0 Å². The van der Waals surface area contributed by atoms with Crippen molar-refractivity contribution >= 4 is 0 Å². The fraction of sp³-hybridized carbons (Fsp3) is 0.684. The summed E-state index contributed by atoms with van der Waals surface area (Å²) in [6.45, 7) is 9.89. The first kappa shape index (κ1) is 16.5. The van der Waals surface area contributed by atoms with Crippen LogP contribution < -0.4 is 0 Å². The Balaban J connectivity index is 1.83. The Morgan fingerprint density at radius 1 is 1.14 bits per heavy atom. The number of hydrogen-bond acceptors (Lipinski definition) is 2. The van der Waals surface area contributed by atoms with Crippen LogP contribution in [0.1, 0.15) is 57.3 Å². The van der Waals surface area contributed by atoms with Gasteiger partial charge in [0, 0.05) is 6.54 Å². The van der Waals surface area contributed by atoms with Gasteiger partial charge in [-0.1, -0.05) is 51.5 Å². The van der Waals surface area contributed by atoms with Gasteiger partial charge in [0.05, 0.1) is 6.10 Å². The number of benzene rings is 1. The lowest BCUT2D eigenvalue weighted by Gasteiger charge is -2.34. The minimum Gasteiger partial charge on any atom is -0.387 e. The molecular formula is C19H31NO. The first-order valence-electron chi connectivity index (χ1n) is 8.59. The summed E-state index contributed by atoms with van der Waals surface area (Å²) in [5, 5.41) is 10.4. The van der Waals surface area contributed by atoms with Gasteiger partial charge in [-0.15, -0.1) is 0 Å². The largest absolute Gasteiger partial charge is 0.387 e. The fourth-order valence-electron chi connectivity index (χ4n) is 3.35. The third-order valence-electron chi connectivity index (χ3n) is 4.91. The number of nitrogens with zero attached hydrogens (tertiary/aromatic N) is 1. The molecule has 1 aliphatic rings. The van der Waals surface area contributed by atoms with Crippen molar-refractivity contribution in [2.75, 3.05) is 19.6 Å². The van der Waals surface area contributed by atoms with E-state index in [0.29, 0.717) is 0 Å². The standard InChI is InChI=1S/C19H31NO/c1-4-5-16-6-8-18(9-7-16)19(21)14-20-12-10-17(11-13-20)15(2)3/h6-9,15,17,19,21H,4-5,10-14H2,1-3H3. The highest BCUT2D eigenvalue weighted by atomic mass is 16.3. The second-order valence-electron chi connectivity index (χ2n) is 6.89. The zero-order valence-corrected chi connectivity index (χ0v) is 13.9. The summed E-state index contributed by atoms with van der Waals surface area (Å²) >= 11 is 0. The zero-order chi connectivity index (χ0) is 15.2. The molecule has 0 amide bonds. The fourth-order valence-corrected chi connectivity index (χ4v) is 3.35. The monoisotopic (exact) mass is 289 g/mol. The van der Waals surface area contributed by atoms with Gasteiger partial charge < -0.3 is 10.0 Å². The third kappa shape index (κ3) is 4.82. The Morgan fingerprint density at radius 2 is 1.76 bits per heavy atom. The summed E-state index contributed by atoms with van der Waals surface area (Å²) in [4.78, 5) is 2.42. The minimum absolute atomic E-state index is 0.351. The van der Waals surface area contributed by atoms with Gasteiger partial charge in [0.15, 0.2) is 0 Å². The average molecular weight is 289 g/mol. The number of aliphatic hydroxyl groups excluding tert-OH is 1. The molecule has 2 rings (SSSR count). The molecule has 1 aromatic rings. The van der Waals surface area contributed by atoms with Crippen LogP contribution in [0.2, 0.25) is 0 Å². The van der Waals surface area contributed by atoms with Gasteiger partial charge in [-0.25, -0.2) is 0 Å². The van der Waals surface area contributed by atoms with E-state index in [-0.39, 0.29) is 6.10 Å². The summed E-state index contributed by atoms with van der Waals surface area (Å²) < 4.78 is 0. The molecule has 0 bridgehead atoms. The Hall–Kier alpha value is -0.860. The molecule has 0 radical (unpaired) electrons. The van der Waals surface area contributed by atoms with Gasteiger partial charge in [0.1, 0.15) is 0 Å². The molecule has 2 nitrogen and oxygen atoms in total. The van der Waals surface area contributed by atoms with E-state index in [1.807, 2.05) is 0 Å². The second-order valence-corrected chi connectivity index (χ2v) is 6.89. The van der Waals surface area contributed by atoms with Crippen LogP contribution in [0.15, 0.2) is 24.3 Å². The van der Waals surface area contributed by atoms with E-state index in [0.717, 1.165) is 43.5 Å². The topological polar surface area (TPSA) is 23.5 Å². The molecule has 0 saturated carbocycles. The molecular weight excluding hydrogens is 258 g/mol. The van der Waals surface area contributed by atoms with Gasteiger partial charge in [-0.2, -0.15) is 0 Å². The van der Waals surface area contributed by atoms with Crippen LogP contribution in [0.25, 0.3) is 0 Å². The molecule has 21 heavy (non-hydrogen) atoms. The molecule has 0 spiro atoms. The number of hydrogen-bond donors (Lipinski definition) is 1. The Labute approximate surface area is 130 Å². The zero-order valence-electron chi connectivity index (χ0n) is 13.9. The van der Waals surface area contributed by atoms with Crippen LogP contribution >= 0.6 is 0 Å². The van der Waals surface area contributed by atoms with Crippen molar-refractivity contribution in [2.24, 2.45) is 11.8 Å². The van der Waals surface area contributed by atoms with Crippen LogP contribution in [0.4, 0.5) is 0 Å². The maximum Gasteiger partial charge on any atom is 0.0916 e. The molecule has 1 unspecified atom stereocenters. The van der Waals surface area contributed by atoms with E-state index in [2.05, 4.69) is 49.9 Å². The molecule has 1 aliphatic heterocycles. The Morgan fingerprint density at radius 3 is 2.29 bits per heavy atom. The summed E-state index contributed by atoms with van der Waals surface area (Å²) in [7, 11) is 0. The molecule has 1 aromatic carbocycles.